The molecule has 1 amide bonds. The van der Waals surface area contributed by atoms with Crippen molar-refractivity contribution in [3.05, 3.63) is 40.7 Å². The predicted molar refractivity (Wildman–Crippen MR) is 82.7 cm³/mol. The lowest BCUT2D eigenvalue weighted by molar-refractivity contribution is -0.383. The molecule has 1 aliphatic rings. The van der Waals surface area contributed by atoms with E-state index in [1.807, 2.05) is 0 Å². The van der Waals surface area contributed by atoms with E-state index in [2.05, 4.69) is 15.6 Å². The topological polar surface area (TPSA) is 97.2 Å². The van der Waals surface area contributed by atoms with Gasteiger partial charge in [-0.2, -0.15) is 0 Å². The maximum Gasteiger partial charge on any atom is 0.278 e. The Bertz CT molecular complexity index is 732. The van der Waals surface area contributed by atoms with Crippen molar-refractivity contribution < 1.29 is 9.72 Å². The van der Waals surface area contributed by atoms with Gasteiger partial charge >= 0.3 is 0 Å². The molecule has 1 atom stereocenters. The fourth-order valence-electron chi connectivity index (χ4n) is 2.73. The van der Waals surface area contributed by atoms with Crippen LogP contribution in [0.5, 0.6) is 0 Å². The molecular weight excluding hydrogens is 284 g/mol. The molecule has 1 unspecified atom stereocenters. The van der Waals surface area contributed by atoms with Crippen LogP contribution in [0.15, 0.2) is 30.6 Å². The Morgan fingerprint density at radius 2 is 2.14 bits per heavy atom. The first-order valence-corrected chi connectivity index (χ1v) is 7.22. The number of carbonyl (C=O) groups is 1. The van der Waals surface area contributed by atoms with E-state index in [-0.39, 0.29) is 17.6 Å². The van der Waals surface area contributed by atoms with Gasteiger partial charge in [0.1, 0.15) is 6.04 Å². The van der Waals surface area contributed by atoms with E-state index in [0.29, 0.717) is 23.0 Å². The van der Waals surface area contributed by atoms with Gasteiger partial charge in [-0.15, -0.1) is 0 Å². The second-order valence-electron chi connectivity index (χ2n) is 5.29. The van der Waals surface area contributed by atoms with Gasteiger partial charge in [-0.05, 0) is 31.4 Å². The molecule has 2 N–H and O–H groups in total. The van der Waals surface area contributed by atoms with Crippen molar-refractivity contribution in [3.63, 3.8) is 0 Å². The number of nitrogens with zero attached hydrogens (tertiary/aromatic N) is 2. The van der Waals surface area contributed by atoms with Crippen molar-refractivity contribution in [3.8, 4) is 0 Å². The quantitative estimate of drug-likeness (QED) is 0.669. The maximum atomic E-state index is 12.0. The van der Waals surface area contributed by atoms with Crippen LogP contribution in [0.2, 0.25) is 0 Å². The summed E-state index contributed by atoms with van der Waals surface area (Å²) in [6, 6.07) is 4.50. The number of non-ortho nitro benzene ring substituents is 1. The minimum Gasteiger partial charge on any atom is -0.373 e. The van der Waals surface area contributed by atoms with Gasteiger partial charge in [0.25, 0.3) is 5.69 Å². The Kier molecular flexibility index (Phi) is 3.86. The Hall–Kier alpha value is -2.70. The average Bonchev–Trinajstić information content (AvgIpc) is 2.72. The highest BCUT2D eigenvalue weighted by Crippen LogP contribution is 2.31. The summed E-state index contributed by atoms with van der Waals surface area (Å²) in [6.45, 7) is 0.696. The van der Waals surface area contributed by atoms with Crippen molar-refractivity contribution >= 4 is 28.1 Å². The zero-order chi connectivity index (χ0) is 15.5. The summed E-state index contributed by atoms with van der Waals surface area (Å²) >= 11 is 0. The number of nitro benzene ring substituents is 1. The van der Waals surface area contributed by atoms with Crippen molar-refractivity contribution in [2.75, 3.05) is 11.9 Å². The average molecular weight is 300 g/mol. The van der Waals surface area contributed by atoms with E-state index in [1.165, 1.54) is 12.3 Å². The van der Waals surface area contributed by atoms with Gasteiger partial charge in [0.2, 0.25) is 5.91 Å². The number of hydrogen-bond donors (Lipinski definition) is 2. The number of carbonyl (C=O) groups excluding carboxylic acids is 1. The van der Waals surface area contributed by atoms with Gasteiger partial charge in [0.05, 0.1) is 10.3 Å². The number of amides is 1. The second kappa shape index (κ2) is 5.97. The summed E-state index contributed by atoms with van der Waals surface area (Å²) in [5.41, 5.74) is 0.726. The molecule has 0 radical (unpaired) electrons. The maximum absolute atomic E-state index is 12.0. The Morgan fingerprint density at radius 1 is 1.27 bits per heavy atom. The molecule has 3 rings (SSSR count). The number of nitro groups is 1. The Labute approximate surface area is 126 Å². The van der Waals surface area contributed by atoms with E-state index in [4.69, 9.17) is 0 Å². The van der Waals surface area contributed by atoms with E-state index in [9.17, 15) is 14.9 Å². The van der Waals surface area contributed by atoms with Gasteiger partial charge in [-0.1, -0.05) is 0 Å². The molecule has 2 aromatic rings. The van der Waals surface area contributed by atoms with Crippen molar-refractivity contribution in [2.45, 2.75) is 25.3 Å². The normalized spacial score (nSPS) is 18.5. The summed E-state index contributed by atoms with van der Waals surface area (Å²) in [5.74, 6) is -0.0296. The lowest BCUT2D eigenvalue weighted by atomic mass is 10.1. The Balaban J connectivity index is 1.99. The molecule has 1 fully saturated rings. The van der Waals surface area contributed by atoms with Crippen molar-refractivity contribution in [1.82, 2.24) is 10.3 Å². The van der Waals surface area contributed by atoms with Crippen LogP contribution < -0.4 is 10.6 Å². The highest BCUT2D eigenvalue weighted by atomic mass is 16.6. The third kappa shape index (κ3) is 2.69. The lowest BCUT2D eigenvalue weighted by Crippen LogP contribution is -2.37. The number of benzene rings is 1. The highest BCUT2D eigenvalue weighted by molar-refractivity contribution is 6.00. The Morgan fingerprint density at radius 3 is 2.95 bits per heavy atom. The standard InChI is InChI=1S/C15H16N4O3/c20-15-13(3-1-2-7-17-15)18-12-4-5-14(19(21)22)11-9-16-8-6-10(11)12/h4-6,8-9,13,18H,1-3,7H2,(H,17,20). The summed E-state index contributed by atoms with van der Waals surface area (Å²) in [7, 11) is 0. The summed E-state index contributed by atoms with van der Waals surface area (Å²) in [4.78, 5) is 26.7. The number of hydrogen-bond acceptors (Lipinski definition) is 5. The monoisotopic (exact) mass is 300 g/mol. The third-order valence-electron chi connectivity index (χ3n) is 3.86. The van der Waals surface area contributed by atoms with Crippen LogP contribution in [0.25, 0.3) is 10.8 Å². The van der Waals surface area contributed by atoms with E-state index in [1.54, 1.807) is 18.3 Å². The van der Waals surface area contributed by atoms with E-state index in [0.717, 1.165) is 19.3 Å². The summed E-state index contributed by atoms with van der Waals surface area (Å²) < 4.78 is 0. The van der Waals surface area contributed by atoms with Gasteiger partial charge < -0.3 is 10.6 Å². The third-order valence-corrected chi connectivity index (χ3v) is 3.86. The molecule has 0 saturated carbocycles. The highest BCUT2D eigenvalue weighted by Gasteiger charge is 2.22. The van der Waals surface area contributed by atoms with Crippen LogP contribution in [-0.2, 0) is 4.79 Å². The number of rotatable bonds is 3. The van der Waals surface area contributed by atoms with Crippen molar-refractivity contribution in [2.24, 2.45) is 0 Å². The first kappa shape index (κ1) is 14.2. The molecule has 7 nitrogen and oxygen atoms in total. The zero-order valence-corrected chi connectivity index (χ0v) is 11.9. The predicted octanol–water partition coefficient (Wildman–Crippen LogP) is 2.22. The fraction of sp³-hybridized carbons (Fsp3) is 0.333. The largest absolute Gasteiger partial charge is 0.373 e. The zero-order valence-electron chi connectivity index (χ0n) is 11.9. The molecule has 2 heterocycles. The van der Waals surface area contributed by atoms with Crippen LogP contribution in [0, 0.1) is 10.1 Å². The number of aromatic nitrogens is 1. The molecule has 1 saturated heterocycles. The number of nitrogens with one attached hydrogen (secondary N) is 2. The van der Waals surface area contributed by atoms with E-state index >= 15 is 0 Å². The molecule has 0 aliphatic carbocycles. The SMILES string of the molecule is O=C1NCCCCC1Nc1ccc([N+](=O)[O-])c2cnccc12. The van der Waals surface area contributed by atoms with Crippen LogP contribution >= 0.6 is 0 Å². The van der Waals surface area contributed by atoms with Crippen LogP contribution in [0.3, 0.4) is 0 Å². The van der Waals surface area contributed by atoms with Gasteiger partial charge in [-0.25, -0.2) is 0 Å². The number of pyridine rings is 1. The van der Waals surface area contributed by atoms with Gasteiger partial charge in [0.15, 0.2) is 0 Å². The second-order valence-corrected chi connectivity index (χ2v) is 5.29. The lowest BCUT2D eigenvalue weighted by Gasteiger charge is -2.18. The number of anilines is 1. The molecular formula is C15H16N4O3. The molecule has 114 valence electrons. The minimum atomic E-state index is -0.424. The van der Waals surface area contributed by atoms with Crippen molar-refractivity contribution in [1.29, 1.82) is 0 Å². The molecule has 0 bridgehead atoms. The van der Waals surface area contributed by atoms with Crippen LogP contribution in [-0.4, -0.2) is 28.4 Å². The molecule has 7 heteroatoms. The molecule has 0 spiro atoms. The molecule has 1 aliphatic heterocycles. The summed E-state index contributed by atoms with van der Waals surface area (Å²) in [5, 5.41) is 18.4. The fourth-order valence-corrected chi connectivity index (χ4v) is 2.73. The number of fused-ring (bicyclic) bond motifs is 1. The van der Waals surface area contributed by atoms with Crippen LogP contribution in [0.4, 0.5) is 11.4 Å². The molecule has 22 heavy (non-hydrogen) atoms. The van der Waals surface area contributed by atoms with Gasteiger partial charge in [-0.3, -0.25) is 19.9 Å². The minimum absolute atomic E-state index is 0.0129. The molecule has 1 aromatic carbocycles. The smallest absolute Gasteiger partial charge is 0.278 e. The first-order chi connectivity index (χ1) is 10.7. The first-order valence-electron chi connectivity index (χ1n) is 7.22. The van der Waals surface area contributed by atoms with Crippen LogP contribution in [0.1, 0.15) is 19.3 Å². The van der Waals surface area contributed by atoms with E-state index < -0.39 is 4.92 Å². The summed E-state index contributed by atoms with van der Waals surface area (Å²) in [6.07, 6.45) is 5.74. The molecule has 1 aromatic heterocycles. The van der Waals surface area contributed by atoms with Gasteiger partial charge in [0, 0.05) is 36.1 Å².